The lowest BCUT2D eigenvalue weighted by Crippen LogP contribution is -2.60. The molecule has 2 N–H and O–H groups in total. The topological polar surface area (TPSA) is 85.2 Å². The molecule has 2 aliphatic carbocycles. The molecule has 1 aliphatic heterocycles. The molecule has 0 radical (unpaired) electrons. The van der Waals surface area contributed by atoms with Crippen molar-refractivity contribution in [3.05, 3.63) is 22.8 Å². The van der Waals surface area contributed by atoms with Gasteiger partial charge in [-0.2, -0.15) is 0 Å². The van der Waals surface area contributed by atoms with Gasteiger partial charge in [-0.3, -0.25) is 0 Å². The van der Waals surface area contributed by atoms with Crippen molar-refractivity contribution in [2.45, 2.75) is 117 Å². The Hall–Kier alpha value is -1.21. The van der Waals surface area contributed by atoms with E-state index in [1.54, 1.807) is 32.4 Å². The van der Waals surface area contributed by atoms with Crippen molar-refractivity contribution >= 4 is 5.97 Å². The molecule has 0 amide bonds. The molecule has 3 aliphatic rings. The molecule has 6 nitrogen and oxygen atoms in total. The molecule has 0 unspecified atom stereocenters. The Kier molecular flexibility index (Phi) is 7.91. The number of rotatable bonds is 5. The molecule has 2 fully saturated rings. The minimum Gasteiger partial charge on any atom is -0.453 e. The number of hydrogen-bond acceptors (Lipinski definition) is 6. The highest BCUT2D eigenvalue weighted by Crippen LogP contribution is 2.48. The summed E-state index contributed by atoms with van der Waals surface area (Å²) in [5.74, 6) is 1.09. The Bertz CT molecular complexity index is 753. The van der Waals surface area contributed by atoms with E-state index in [1.165, 1.54) is 18.4 Å². The van der Waals surface area contributed by atoms with E-state index in [0.717, 1.165) is 19.3 Å². The number of aliphatic hydroxyl groups excluding tert-OH is 2. The summed E-state index contributed by atoms with van der Waals surface area (Å²) in [4.78, 5) is 12.3. The zero-order valence-corrected chi connectivity index (χ0v) is 20.8. The summed E-state index contributed by atoms with van der Waals surface area (Å²) in [5, 5.41) is 21.5. The Labute approximate surface area is 193 Å². The van der Waals surface area contributed by atoms with E-state index in [0.29, 0.717) is 23.3 Å². The summed E-state index contributed by atoms with van der Waals surface area (Å²) in [6, 6.07) is 0. The number of esters is 1. The van der Waals surface area contributed by atoms with Crippen LogP contribution in [0.4, 0.5) is 0 Å². The average molecular weight is 451 g/mol. The summed E-state index contributed by atoms with van der Waals surface area (Å²) in [6.45, 7) is 13.8. The molecule has 6 heteroatoms. The van der Waals surface area contributed by atoms with Crippen LogP contribution in [0.15, 0.2) is 22.8 Å². The maximum atomic E-state index is 12.3. The van der Waals surface area contributed by atoms with Crippen molar-refractivity contribution in [3.8, 4) is 0 Å². The van der Waals surface area contributed by atoms with Crippen LogP contribution in [0.5, 0.6) is 0 Å². The predicted octanol–water partition coefficient (Wildman–Crippen LogP) is 4.29. The molecule has 32 heavy (non-hydrogen) atoms. The van der Waals surface area contributed by atoms with Gasteiger partial charge in [-0.15, -0.1) is 0 Å². The summed E-state index contributed by atoms with van der Waals surface area (Å²) in [5.41, 5.74) is 3.00. The third kappa shape index (κ3) is 5.14. The first kappa shape index (κ1) is 25.4. The third-order valence-electron chi connectivity index (χ3n) is 8.13. The van der Waals surface area contributed by atoms with E-state index in [9.17, 15) is 15.0 Å². The lowest BCUT2D eigenvalue weighted by atomic mass is 9.82. The Morgan fingerprint density at radius 2 is 1.84 bits per heavy atom. The minimum absolute atomic E-state index is 0.294. The normalized spacial score (nSPS) is 39.0. The fraction of sp³-hybridized carbons (Fsp3) is 0.808. The molecule has 0 aromatic rings. The number of allylic oxidation sites excluding steroid dienone is 3. The standard InChI is InChI=1S/C26H42O6/c1-8-14(2)24(29)31-23-21(27)17(5)30-25(22(23)28)32-26(6,7)18-11-9-15(3)19-12-10-16(4)20(19)13-18/h8,15,17-19,21-23,25,27-28H,9-13H2,1-7H3/b14-8-/t15-,17+,18+,19-,21+,22+,23-,25-/m0/s1. The number of carbonyl (C=O) groups is 1. The second kappa shape index (κ2) is 9.96. The van der Waals surface area contributed by atoms with Crippen LogP contribution in [0.1, 0.15) is 80.6 Å². The van der Waals surface area contributed by atoms with Crippen LogP contribution in [0.3, 0.4) is 0 Å². The molecule has 182 valence electrons. The molecular weight excluding hydrogens is 408 g/mol. The number of carbonyl (C=O) groups excluding carboxylic acids is 1. The fourth-order valence-corrected chi connectivity index (χ4v) is 5.57. The Morgan fingerprint density at radius 1 is 1.16 bits per heavy atom. The van der Waals surface area contributed by atoms with Crippen molar-refractivity contribution < 1.29 is 29.2 Å². The van der Waals surface area contributed by atoms with Crippen LogP contribution < -0.4 is 0 Å². The minimum atomic E-state index is -1.28. The first-order valence-corrected chi connectivity index (χ1v) is 12.2. The van der Waals surface area contributed by atoms with Gasteiger partial charge < -0.3 is 24.4 Å². The molecule has 0 spiro atoms. The van der Waals surface area contributed by atoms with E-state index in [2.05, 4.69) is 27.7 Å². The van der Waals surface area contributed by atoms with E-state index < -0.39 is 42.3 Å². The van der Waals surface area contributed by atoms with Gasteiger partial charge in [-0.05, 0) is 91.4 Å². The molecule has 3 rings (SSSR count). The Morgan fingerprint density at radius 3 is 2.50 bits per heavy atom. The smallest absolute Gasteiger partial charge is 0.333 e. The van der Waals surface area contributed by atoms with Gasteiger partial charge >= 0.3 is 5.97 Å². The van der Waals surface area contributed by atoms with Crippen LogP contribution in [-0.2, 0) is 19.0 Å². The largest absolute Gasteiger partial charge is 0.453 e. The summed E-state index contributed by atoms with van der Waals surface area (Å²) < 4.78 is 17.7. The highest BCUT2D eigenvalue weighted by molar-refractivity contribution is 5.87. The zero-order chi connectivity index (χ0) is 23.8. The van der Waals surface area contributed by atoms with E-state index in [1.807, 2.05) is 0 Å². The molecule has 8 atom stereocenters. The number of fused-ring (bicyclic) bond motifs is 1. The van der Waals surface area contributed by atoms with Gasteiger partial charge in [0.1, 0.15) is 12.2 Å². The summed E-state index contributed by atoms with van der Waals surface area (Å²) in [6.07, 6.45) is 2.17. The number of hydrogen-bond donors (Lipinski definition) is 2. The lowest BCUT2D eigenvalue weighted by molar-refractivity contribution is -0.323. The van der Waals surface area contributed by atoms with Crippen LogP contribution >= 0.6 is 0 Å². The maximum Gasteiger partial charge on any atom is 0.333 e. The molecule has 1 saturated heterocycles. The molecule has 0 aromatic carbocycles. The van der Waals surface area contributed by atoms with Gasteiger partial charge in [0.05, 0.1) is 11.7 Å². The van der Waals surface area contributed by atoms with Crippen molar-refractivity contribution in [2.24, 2.45) is 17.8 Å². The fourth-order valence-electron chi connectivity index (χ4n) is 5.57. The molecule has 0 bridgehead atoms. The van der Waals surface area contributed by atoms with Crippen LogP contribution in [0, 0.1) is 17.8 Å². The highest BCUT2D eigenvalue weighted by Gasteiger charge is 2.49. The first-order chi connectivity index (χ1) is 15.0. The number of ether oxygens (including phenoxy) is 3. The van der Waals surface area contributed by atoms with Gasteiger partial charge in [0.15, 0.2) is 12.4 Å². The van der Waals surface area contributed by atoms with Crippen LogP contribution in [0.25, 0.3) is 0 Å². The monoisotopic (exact) mass is 450 g/mol. The highest BCUT2D eigenvalue weighted by atomic mass is 16.7. The second-order valence-electron chi connectivity index (χ2n) is 10.7. The third-order valence-corrected chi connectivity index (χ3v) is 8.13. The lowest BCUT2D eigenvalue weighted by Gasteiger charge is -2.45. The van der Waals surface area contributed by atoms with Gasteiger partial charge in [-0.25, -0.2) is 4.79 Å². The Balaban J connectivity index is 1.75. The van der Waals surface area contributed by atoms with Crippen molar-refractivity contribution in [2.75, 3.05) is 0 Å². The number of aliphatic hydroxyl groups is 2. The van der Waals surface area contributed by atoms with E-state index in [-0.39, 0.29) is 0 Å². The second-order valence-corrected chi connectivity index (χ2v) is 10.7. The zero-order valence-electron chi connectivity index (χ0n) is 20.8. The van der Waals surface area contributed by atoms with Crippen LogP contribution in [0.2, 0.25) is 0 Å². The quantitative estimate of drug-likeness (QED) is 0.369. The SMILES string of the molecule is C/C=C(/C)C(=O)O[C@@H]1[C@@H](O)[C@H](OC(C)(C)[C@@H]2CC[C@H](C)[C@@H]3CCC(C)=C3C2)O[C@H](C)[C@H]1O. The van der Waals surface area contributed by atoms with E-state index in [4.69, 9.17) is 14.2 Å². The molecule has 0 aromatic heterocycles. The van der Waals surface area contributed by atoms with Crippen molar-refractivity contribution in [1.29, 1.82) is 0 Å². The predicted molar refractivity (Wildman–Crippen MR) is 123 cm³/mol. The summed E-state index contributed by atoms with van der Waals surface area (Å²) >= 11 is 0. The molecular formula is C26H42O6. The van der Waals surface area contributed by atoms with Crippen LogP contribution in [-0.4, -0.2) is 52.5 Å². The summed E-state index contributed by atoms with van der Waals surface area (Å²) in [7, 11) is 0. The van der Waals surface area contributed by atoms with Gasteiger partial charge in [0, 0.05) is 5.57 Å². The van der Waals surface area contributed by atoms with Crippen molar-refractivity contribution in [3.63, 3.8) is 0 Å². The maximum absolute atomic E-state index is 12.3. The first-order valence-electron chi connectivity index (χ1n) is 12.2. The van der Waals surface area contributed by atoms with Gasteiger partial charge in [-0.1, -0.05) is 24.1 Å². The molecule has 1 heterocycles. The van der Waals surface area contributed by atoms with Gasteiger partial charge in [0.25, 0.3) is 0 Å². The van der Waals surface area contributed by atoms with Crippen molar-refractivity contribution in [1.82, 2.24) is 0 Å². The van der Waals surface area contributed by atoms with Gasteiger partial charge in [0.2, 0.25) is 0 Å². The average Bonchev–Trinajstić information content (AvgIpc) is 3.01. The molecule has 1 saturated carbocycles. The van der Waals surface area contributed by atoms with E-state index >= 15 is 0 Å².